The van der Waals surface area contributed by atoms with Gasteiger partial charge in [0, 0.05) is 11.8 Å². The Morgan fingerprint density at radius 2 is 1.95 bits per heavy atom. The van der Waals surface area contributed by atoms with E-state index in [9.17, 15) is 9.65 Å². The van der Waals surface area contributed by atoms with Gasteiger partial charge in [-0.15, -0.1) is 0 Å². The van der Waals surface area contributed by atoms with Crippen molar-refractivity contribution in [3.63, 3.8) is 0 Å². The van der Waals surface area contributed by atoms with Gasteiger partial charge in [-0.05, 0) is 43.2 Å². The minimum Gasteiger partial charge on any atom is -0.288 e. The maximum atomic E-state index is 13.3. The topological polar surface area (TPSA) is 41.1 Å². The van der Waals surface area contributed by atoms with Crippen molar-refractivity contribution >= 4 is 5.65 Å². The van der Waals surface area contributed by atoms with Crippen molar-refractivity contribution in [3.05, 3.63) is 59.2 Å². The molecule has 0 N–H and O–H groups in total. The lowest BCUT2D eigenvalue weighted by Gasteiger charge is -2.03. The second-order valence-electron chi connectivity index (χ2n) is 4.80. The minimum absolute atomic E-state index is 0.350. The Morgan fingerprint density at radius 1 is 1.15 bits per heavy atom. The number of aryl methyl sites for hydroxylation is 2. The third-order valence-electron chi connectivity index (χ3n) is 3.47. The Morgan fingerprint density at radius 3 is 2.65 bits per heavy atom. The monoisotopic (exact) mass is 265 g/mol. The van der Waals surface area contributed by atoms with E-state index in [1.807, 2.05) is 32.0 Å². The summed E-state index contributed by atoms with van der Waals surface area (Å²) < 4.78 is 14.8. The molecule has 2 aromatic heterocycles. The van der Waals surface area contributed by atoms with Crippen LogP contribution in [0.4, 0.5) is 4.39 Å². The molecular formula is C16H12FN3. The molecule has 3 nitrogen and oxygen atoms in total. The number of pyridine rings is 1. The zero-order chi connectivity index (χ0) is 14.3. The molecule has 0 radical (unpaired) electrons. The highest BCUT2D eigenvalue weighted by atomic mass is 19.1. The summed E-state index contributed by atoms with van der Waals surface area (Å²) in [5.41, 5.74) is 4.69. The Kier molecular flexibility index (Phi) is 2.76. The molecule has 0 atom stereocenters. The maximum absolute atomic E-state index is 13.3. The van der Waals surface area contributed by atoms with Crippen LogP contribution in [0.25, 0.3) is 16.9 Å². The fourth-order valence-corrected chi connectivity index (χ4v) is 2.22. The Balaban J connectivity index is 2.31. The first kappa shape index (κ1) is 12.4. The third-order valence-corrected chi connectivity index (χ3v) is 3.47. The summed E-state index contributed by atoms with van der Waals surface area (Å²) in [7, 11) is 0. The molecule has 3 aromatic rings. The summed E-state index contributed by atoms with van der Waals surface area (Å²) in [5, 5.41) is 9.35. The van der Waals surface area contributed by atoms with E-state index in [0.717, 1.165) is 11.1 Å². The lowest BCUT2D eigenvalue weighted by molar-refractivity contribution is 0.619. The predicted molar refractivity (Wildman–Crippen MR) is 74.8 cm³/mol. The highest BCUT2D eigenvalue weighted by Gasteiger charge is 2.14. The summed E-state index contributed by atoms with van der Waals surface area (Å²) in [6, 6.07) is 10.9. The molecule has 0 aliphatic rings. The average Bonchev–Trinajstić information content (AvgIpc) is 2.79. The van der Waals surface area contributed by atoms with Crippen molar-refractivity contribution in [3.8, 4) is 17.3 Å². The molecule has 20 heavy (non-hydrogen) atoms. The molecule has 0 fully saturated rings. The third kappa shape index (κ3) is 1.84. The van der Waals surface area contributed by atoms with Crippen LogP contribution in [0.1, 0.15) is 16.8 Å². The van der Waals surface area contributed by atoms with Crippen LogP contribution in [-0.4, -0.2) is 9.38 Å². The van der Waals surface area contributed by atoms with Crippen molar-refractivity contribution < 1.29 is 4.39 Å². The fraction of sp³-hybridized carbons (Fsp3) is 0.125. The lowest BCUT2D eigenvalue weighted by Crippen LogP contribution is -1.91. The van der Waals surface area contributed by atoms with Crippen molar-refractivity contribution in [2.45, 2.75) is 13.8 Å². The van der Waals surface area contributed by atoms with Crippen molar-refractivity contribution in [1.29, 1.82) is 5.26 Å². The highest BCUT2D eigenvalue weighted by molar-refractivity contribution is 5.70. The van der Waals surface area contributed by atoms with Gasteiger partial charge in [0.05, 0.1) is 0 Å². The first-order chi connectivity index (χ1) is 9.60. The minimum atomic E-state index is -0.391. The molecular weight excluding hydrogens is 253 g/mol. The van der Waals surface area contributed by atoms with E-state index in [1.165, 1.54) is 22.2 Å². The average molecular weight is 265 g/mol. The van der Waals surface area contributed by atoms with Gasteiger partial charge in [0.1, 0.15) is 23.2 Å². The first-order valence-corrected chi connectivity index (χ1v) is 6.25. The first-order valence-electron chi connectivity index (χ1n) is 6.25. The van der Waals surface area contributed by atoms with Gasteiger partial charge in [0.25, 0.3) is 0 Å². The van der Waals surface area contributed by atoms with Crippen LogP contribution in [0.5, 0.6) is 0 Å². The summed E-state index contributed by atoms with van der Waals surface area (Å²) in [6.45, 7) is 4.05. The van der Waals surface area contributed by atoms with E-state index in [4.69, 9.17) is 0 Å². The maximum Gasteiger partial charge on any atom is 0.152 e. The number of hydrogen-bond donors (Lipinski definition) is 0. The summed E-state index contributed by atoms with van der Waals surface area (Å²) in [4.78, 5) is 4.44. The van der Waals surface area contributed by atoms with E-state index >= 15 is 0 Å². The number of nitriles is 1. The number of fused-ring (bicyclic) bond motifs is 1. The van der Waals surface area contributed by atoms with Gasteiger partial charge in [0.2, 0.25) is 0 Å². The van der Waals surface area contributed by atoms with Gasteiger partial charge in [-0.1, -0.05) is 12.1 Å². The van der Waals surface area contributed by atoms with Crippen LogP contribution in [-0.2, 0) is 0 Å². The number of halogens is 1. The second-order valence-corrected chi connectivity index (χ2v) is 4.80. The largest absolute Gasteiger partial charge is 0.288 e. The molecule has 4 heteroatoms. The van der Waals surface area contributed by atoms with Crippen molar-refractivity contribution in [2.75, 3.05) is 0 Å². The molecule has 0 unspecified atom stereocenters. The number of aromatic nitrogens is 2. The van der Waals surface area contributed by atoms with Crippen LogP contribution >= 0.6 is 0 Å². The van der Waals surface area contributed by atoms with Crippen LogP contribution in [0, 0.1) is 31.0 Å². The molecule has 98 valence electrons. The van der Waals surface area contributed by atoms with Crippen molar-refractivity contribution in [2.24, 2.45) is 0 Å². The zero-order valence-electron chi connectivity index (χ0n) is 11.2. The number of nitrogens with zero attached hydrogens (tertiary/aromatic N) is 3. The van der Waals surface area contributed by atoms with Crippen LogP contribution in [0.2, 0.25) is 0 Å². The van der Waals surface area contributed by atoms with Gasteiger partial charge >= 0.3 is 0 Å². The van der Waals surface area contributed by atoms with Crippen molar-refractivity contribution in [1.82, 2.24) is 9.38 Å². The Labute approximate surface area is 115 Å². The second kappa shape index (κ2) is 4.46. The molecule has 0 aliphatic carbocycles. The van der Waals surface area contributed by atoms with Gasteiger partial charge in [-0.2, -0.15) is 5.26 Å². The zero-order valence-corrected chi connectivity index (χ0v) is 11.2. The van der Waals surface area contributed by atoms with Crippen LogP contribution < -0.4 is 0 Å². The van der Waals surface area contributed by atoms with E-state index in [-0.39, 0.29) is 0 Å². The Bertz CT molecular complexity index is 856. The van der Waals surface area contributed by atoms with Crippen LogP contribution in [0.15, 0.2) is 36.5 Å². The van der Waals surface area contributed by atoms with E-state index in [2.05, 4.69) is 11.1 Å². The predicted octanol–water partition coefficient (Wildman–Crippen LogP) is 3.63. The molecule has 3 rings (SSSR count). The number of imidazole rings is 1. The van der Waals surface area contributed by atoms with Gasteiger partial charge in [0.15, 0.2) is 5.69 Å². The molecule has 0 saturated heterocycles. The number of rotatable bonds is 1. The number of hydrogen-bond acceptors (Lipinski definition) is 2. The fourth-order valence-electron chi connectivity index (χ4n) is 2.22. The van der Waals surface area contributed by atoms with E-state index in [0.29, 0.717) is 17.0 Å². The highest BCUT2D eigenvalue weighted by Crippen LogP contribution is 2.26. The smallest absolute Gasteiger partial charge is 0.152 e. The van der Waals surface area contributed by atoms with Gasteiger partial charge < -0.3 is 0 Å². The molecule has 0 saturated carbocycles. The summed E-state index contributed by atoms with van der Waals surface area (Å²) in [5.74, 6) is -0.391. The molecule has 2 heterocycles. The van der Waals surface area contributed by atoms with Crippen LogP contribution in [0.3, 0.4) is 0 Å². The normalized spacial score (nSPS) is 10.7. The van der Waals surface area contributed by atoms with E-state index in [1.54, 1.807) is 6.07 Å². The van der Waals surface area contributed by atoms with E-state index < -0.39 is 5.82 Å². The summed E-state index contributed by atoms with van der Waals surface area (Å²) >= 11 is 0. The standard InChI is InChI=1S/C16H12FN3/c1-10-3-4-12(7-11(10)2)16-14(8-18)20-9-13(17)5-6-15(20)19-16/h3-7,9H,1-2H3. The van der Waals surface area contributed by atoms with Gasteiger partial charge in [-0.25, -0.2) is 9.37 Å². The van der Waals surface area contributed by atoms with Gasteiger partial charge in [-0.3, -0.25) is 4.40 Å². The molecule has 0 amide bonds. The molecule has 0 spiro atoms. The quantitative estimate of drug-likeness (QED) is 0.674. The molecule has 1 aromatic carbocycles. The Hall–Kier alpha value is -2.67. The lowest BCUT2D eigenvalue weighted by atomic mass is 10.0. The molecule has 0 bridgehead atoms. The number of benzene rings is 1. The SMILES string of the molecule is Cc1ccc(-c2nc3ccc(F)cn3c2C#N)cc1C. The molecule has 0 aliphatic heterocycles. The summed E-state index contributed by atoms with van der Waals surface area (Å²) in [6.07, 6.45) is 1.28.